The number of aliphatic hydroxyl groups is 10. The SMILES string of the molecule is C[C@H]1C[C@H](O)[C@@H](C)/C=C/C=C/C=C/C=C/C=C/C=C/C=C/C(O[C@@H]2OC[C@@H](O)[C@H](N)[C@H]2O)C[C@@H]2OC(O)(CC(O)CC(O)C(O)CCC(O)CC(O)CC(=O)O1)C[C@H](O)[C@H]2C(=O)NCCC(N)=O. The van der Waals surface area contributed by atoms with Gasteiger partial charge in [0.15, 0.2) is 12.1 Å². The number of hydrogen-bond donors (Lipinski definition) is 13. The summed E-state index contributed by atoms with van der Waals surface area (Å²) in [5.41, 5.74) is 11.2. The summed E-state index contributed by atoms with van der Waals surface area (Å²) in [5, 5.41) is 111. The highest BCUT2D eigenvalue weighted by Gasteiger charge is 2.50. The van der Waals surface area contributed by atoms with Gasteiger partial charge in [0.05, 0.1) is 86.0 Å². The van der Waals surface area contributed by atoms with Crippen molar-refractivity contribution in [3.8, 4) is 0 Å². The van der Waals surface area contributed by atoms with Gasteiger partial charge in [-0.15, -0.1) is 0 Å². The maximum Gasteiger partial charge on any atom is 0.308 e. The van der Waals surface area contributed by atoms with Gasteiger partial charge in [0.1, 0.15) is 12.2 Å². The van der Waals surface area contributed by atoms with Crippen LogP contribution in [0, 0.1) is 11.8 Å². The van der Waals surface area contributed by atoms with Gasteiger partial charge in [0.2, 0.25) is 11.8 Å². The van der Waals surface area contributed by atoms with E-state index in [2.05, 4.69) is 5.32 Å². The smallest absolute Gasteiger partial charge is 0.308 e. The molecule has 3 aliphatic rings. The van der Waals surface area contributed by atoms with Crippen molar-refractivity contribution >= 4 is 17.8 Å². The van der Waals surface area contributed by atoms with Crippen molar-refractivity contribution in [2.45, 2.75) is 169 Å². The zero-order valence-corrected chi connectivity index (χ0v) is 38.8. The summed E-state index contributed by atoms with van der Waals surface area (Å²) in [4.78, 5) is 37.5. The first-order valence-corrected chi connectivity index (χ1v) is 23.2. The third-order valence-electron chi connectivity index (χ3n) is 11.7. The first kappa shape index (κ1) is 58.3. The van der Waals surface area contributed by atoms with E-state index in [1.165, 1.54) is 6.08 Å². The Morgan fingerprint density at radius 1 is 0.721 bits per heavy atom. The molecule has 17 atom stereocenters. The highest BCUT2D eigenvalue weighted by molar-refractivity contribution is 5.81. The van der Waals surface area contributed by atoms with E-state index in [0.717, 1.165) is 0 Å². The van der Waals surface area contributed by atoms with Gasteiger partial charge < -0.3 is 86.8 Å². The summed E-state index contributed by atoms with van der Waals surface area (Å²) in [6, 6.07) is -1.14. The van der Waals surface area contributed by atoms with Gasteiger partial charge in [0.25, 0.3) is 0 Å². The second-order valence-electron chi connectivity index (χ2n) is 17.9. The summed E-state index contributed by atoms with van der Waals surface area (Å²) in [6.07, 6.45) is 4.59. The fraction of sp³-hybridized carbons (Fsp3) is 0.646. The molecule has 2 fully saturated rings. The molecule has 68 heavy (non-hydrogen) atoms. The molecule has 384 valence electrons. The van der Waals surface area contributed by atoms with Gasteiger partial charge in [-0.3, -0.25) is 14.4 Å². The Morgan fingerprint density at radius 3 is 1.94 bits per heavy atom. The number of primary amides is 1. The van der Waals surface area contributed by atoms with Gasteiger partial charge in [-0.2, -0.15) is 0 Å². The molecule has 3 rings (SSSR count). The average Bonchev–Trinajstić information content (AvgIpc) is 3.24. The van der Waals surface area contributed by atoms with E-state index in [1.807, 2.05) is 13.0 Å². The lowest BCUT2D eigenvalue weighted by Gasteiger charge is -2.45. The molecule has 0 aliphatic carbocycles. The number of amides is 2. The van der Waals surface area contributed by atoms with Crippen LogP contribution in [0.25, 0.3) is 0 Å². The molecule has 3 aliphatic heterocycles. The zero-order valence-electron chi connectivity index (χ0n) is 38.8. The summed E-state index contributed by atoms with van der Waals surface area (Å²) in [6.45, 7) is 2.99. The molecule has 2 bridgehead atoms. The monoisotopic (exact) mass is 966 g/mol. The van der Waals surface area contributed by atoms with Crippen molar-refractivity contribution in [1.29, 1.82) is 0 Å². The number of aliphatic hydroxyl groups excluding tert-OH is 9. The van der Waals surface area contributed by atoms with Crippen LogP contribution in [0.1, 0.15) is 78.1 Å². The van der Waals surface area contributed by atoms with Crippen LogP contribution in [-0.4, -0.2) is 173 Å². The van der Waals surface area contributed by atoms with Gasteiger partial charge in [-0.25, -0.2) is 0 Å². The number of allylic oxidation sites excluding steroid dienone is 12. The summed E-state index contributed by atoms with van der Waals surface area (Å²) < 4.78 is 23.1. The Morgan fingerprint density at radius 2 is 1.32 bits per heavy atom. The molecule has 0 aromatic rings. The molecule has 3 heterocycles. The number of rotatable bonds is 6. The van der Waals surface area contributed by atoms with Gasteiger partial charge >= 0.3 is 5.97 Å². The molecule has 20 nitrogen and oxygen atoms in total. The highest BCUT2D eigenvalue weighted by Crippen LogP contribution is 2.38. The first-order valence-electron chi connectivity index (χ1n) is 23.2. The third-order valence-corrected chi connectivity index (χ3v) is 11.7. The minimum atomic E-state index is -2.32. The molecule has 20 heteroatoms. The van der Waals surface area contributed by atoms with Crippen molar-refractivity contribution in [2.75, 3.05) is 13.2 Å². The van der Waals surface area contributed by atoms with E-state index in [0.29, 0.717) is 0 Å². The number of ether oxygens (including phenoxy) is 4. The van der Waals surface area contributed by atoms with Crippen molar-refractivity contribution in [3.05, 3.63) is 85.1 Å². The van der Waals surface area contributed by atoms with Crippen LogP contribution in [0.15, 0.2) is 85.1 Å². The number of hydrogen-bond acceptors (Lipinski definition) is 18. The average molecular weight is 966 g/mol. The zero-order chi connectivity index (χ0) is 50.4. The van der Waals surface area contributed by atoms with Crippen LogP contribution in [0.5, 0.6) is 0 Å². The number of fused-ring (bicyclic) bond motifs is 2. The van der Waals surface area contributed by atoms with E-state index in [1.54, 1.807) is 79.8 Å². The lowest BCUT2D eigenvalue weighted by molar-refractivity contribution is -0.304. The molecular formula is C48H75N3O17. The van der Waals surface area contributed by atoms with E-state index in [9.17, 15) is 65.4 Å². The topological polar surface area (TPSA) is 354 Å². The summed E-state index contributed by atoms with van der Waals surface area (Å²) >= 11 is 0. The van der Waals surface area contributed by atoms with Gasteiger partial charge in [-0.05, 0) is 26.2 Å². The minimum absolute atomic E-state index is 0.111. The van der Waals surface area contributed by atoms with E-state index in [-0.39, 0.29) is 57.6 Å². The lowest BCUT2D eigenvalue weighted by Crippen LogP contribution is -2.59. The van der Waals surface area contributed by atoms with Crippen molar-refractivity contribution in [3.63, 3.8) is 0 Å². The van der Waals surface area contributed by atoms with Crippen molar-refractivity contribution < 1.29 is 84.4 Å². The number of cyclic esters (lactones) is 1. The number of esters is 1. The second-order valence-corrected chi connectivity index (χ2v) is 17.9. The fourth-order valence-electron chi connectivity index (χ4n) is 7.94. The molecule has 2 amide bonds. The number of nitrogens with two attached hydrogens (primary N) is 2. The Labute approximate surface area is 397 Å². The Balaban J connectivity index is 1.90. The van der Waals surface area contributed by atoms with Crippen LogP contribution >= 0.6 is 0 Å². The molecule has 15 N–H and O–H groups in total. The molecule has 0 aromatic carbocycles. The fourth-order valence-corrected chi connectivity index (χ4v) is 7.94. The number of nitrogens with one attached hydrogen (secondary N) is 1. The van der Waals surface area contributed by atoms with Crippen LogP contribution in [0.2, 0.25) is 0 Å². The van der Waals surface area contributed by atoms with Gasteiger partial charge in [0, 0.05) is 51.0 Å². The Kier molecular flexibility index (Phi) is 25.7. The predicted molar refractivity (Wildman–Crippen MR) is 247 cm³/mol. The normalized spacial score (nSPS) is 41.7. The van der Waals surface area contributed by atoms with Crippen LogP contribution in [-0.2, 0) is 33.3 Å². The molecule has 2 saturated heterocycles. The quantitative estimate of drug-likeness (QED) is 0.142. The number of carbonyl (C=O) groups excluding carboxylic acids is 3. The predicted octanol–water partition coefficient (Wildman–Crippen LogP) is -1.02. The Hall–Kier alpha value is -3.97. The highest BCUT2D eigenvalue weighted by atomic mass is 16.7. The van der Waals surface area contributed by atoms with Crippen LogP contribution in [0.4, 0.5) is 0 Å². The largest absolute Gasteiger partial charge is 0.462 e. The molecule has 0 saturated carbocycles. The molecule has 7 unspecified atom stereocenters. The second kappa shape index (κ2) is 29.9. The van der Waals surface area contributed by atoms with Gasteiger partial charge in [-0.1, -0.05) is 92.0 Å². The van der Waals surface area contributed by atoms with Crippen LogP contribution in [0.3, 0.4) is 0 Å². The van der Waals surface area contributed by atoms with Crippen LogP contribution < -0.4 is 16.8 Å². The van der Waals surface area contributed by atoms with E-state index >= 15 is 0 Å². The van der Waals surface area contributed by atoms with Crippen molar-refractivity contribution in [2.24, 2.45) is 23.3 Å². The maximum atomic E-state index is 13.6. The Bertz CT molecular complexity index is 1760. The molecule has 0 spiro atoms. The lowest BCUT2D eigenvalue weighted by atomic mass is 9.82. The standard InChI is InChI=1S/C48H75N3O17/c1-29-15-13-11-9-7-5-3-4-6-8-10-12-14-16-34(67-47-45(62)44(50)39(59)28-65-47)25-40-43(46(63)51-20-19-41(49)60)38(58)27-48(64,68-40)26-33(54)23-37(57)35(55)18-17-31(52)22-32(53)24-42(61)66-30(2)21-36(29)56/h3-16,29-40,43-45,47,52-59,62,64H,17-28,50H2,1-2H3,(H2,49,60)(H,51,63)/b4-3+,7-5+,8-6+,11-9+,12-10+,15-13+,16-14+/t29-,30-,31?,32?,33?,34?,35?,36-,37?,38-,39+,40-,43+,44-,45+,47-,48?/m0/s1. The molecular weight excluding hydrogens is 891 g/mol. The molecule has 0 radical (unpaired) electrons. The minimum Gasteiger partial charge on any atom is -0.462 e. The summed E-state index contributed by atoms with van der Waals surface area (Å²) in [5.74, 6) is -6.16. The molecule has 0 aromatic heterocycles. The van der Waals surface area contributed by atoms with Crippen molar-refractivity contribution in [1.82, 2.24) is 5.32 Å². The maximum absolute atomic E-state index is 13.6. The van der Waals surface area contributed by atoms with E-state index < -0.39 is 141 Å². The number of carbonyl (C=O) groups is 3. The first-order chi connectivity index (χ1) is 32.2. The summed E-state index contributed by atoms with van der Waals surface area (Å²) in [7, 11) is 0. The third kappa shape index (κ3) is 21.3. The van der Waals surface area contributed by atoms with E-state index in [4.69, 9.17) is 30.4 Å².